The van der Waals surface area contributed by atoms with Crippen LogP contribution < -0.4 is 10.2 Å². The second-order valence-electron chi connectivity index (χ2n) is 7.83. The molecule has 1 aliphatic rings. The molecule has 0 spiro atoms. The SMILES string of the molecule is O=C(N(c1ccc(CN2CCOCC2)cc1)c1nonc1C(=NO)Nc1ccc(F)c(Br)c1)C(F)(F)F. The first-order chi connectivity index (χ1) is 17.7. The lowest BCUT2D eigenvalue weighted by Crippen LogP contribution is -2.39. The van der Waals surface area contributed by atoms with Crippen molar-refractivity contribution < 1.29 is 36.9 Å². The minimum Gasteiger partial charge on any atom is -0.409 e. The van der Waals surface area contributed by atoms with E-state index in [1.165, 1.54) is 24.3 Å². The van der Waals surface area contributed by atoms with Crippen LogP contribution in [-0.2, 0) is 16.1 Å². The third kappa shape index (κ3) is 6.23. The van der Waals surface area contributed by atoms with Crippen molar-refractivity contribution in [2.24, 2.45) is 5.16 Å². The summed E-state index contributed by atoms with van der Waals surface area (Å²) in [5.74, 6) is -4.02. The van der Waals surface area contributed by atoms with Crippen molar-refractivity contribution in [1.29, 1.82) is 0 Å². The van der Waals surface area contributed by atoms with Crippen LogP contribution in [0.2, 0.25) is 0 Å². The van der Waals surface area contributed by atoms with Gasteiger partial charge < -0.3 is 15.3 Å². The fourth-order valence-electron chi connectivity index (χ4n) is 3.55. The van der Waals surface area contributed by atoms with Gasteiger partial charge in [-0.25, -0.2) is 9.02 Å². The molecule has 10 nitrogen and oxygen atoms in total. The number of halogens is 5. The number of rotatable bonds is 6. The average molecular weight is 587 g/mol. The first-order valence-electron chi connectivity index (χ1n) is 10.7. The molecule has 0 bridgehead atoms. The van der Waals surface area contributed by atoms with Gasteiger partial charge in [0.25, 0.3) is 0 Å². The predicted molar refractivity (Wildman–Crippen MR) is 126 cm³/mol. The third-order valence-electron chi connectivity index (χ3n) is 5.34. The largest absolute Gasteiger partial charge is 0.472 e. The van der Waals surface area contributed by atoms with Crippen molar-refractivity contribution in [2.75, 3.05) is 36.5 Å². The van der Waals surface area contributed by atoms with Gasteiger partial charge in [0, 0.05) is 25.3 Å². The molecule has 37 heavy (non-hydrogen) atoms. The average Bonchev–Trinajstić information content (AvgIpc) is 3.35. The van der Waals surface area contributed by atoms with Gasteiger partial charge in [0.2, 0.25) is 11.7 Å². The first kappa shape index (κ1) is 26.5. The summed E-state index contributed by atoms with van der Waals surface area (Å²) in [6.45, 7) is 3.16. The number of carbonyl (C=O) groups excluding carboxylic acids is 1. The summed E-state index contributed by atoms with van der Waals surface area (Å²) in [4.78, 5) is 14.9. The minimum atomic E-state index is -5.28. The number of hydrogen-bond acceptors (Lipinski definition) is 8. The van der Waals surface area contributed by atoms with Crippen LogP contribution in [0.25, 0.3) is 0 Å². The lowest BCUT2D eigenvalue weighted by molar-refractivity contribution is -0.169. The second-order valence-corrected chi connectivity index (χ2v) is 8.69. The van der Waals surface area contributed by atoms with E-state index in [0.29, 0.717) is 19.8 Å². The molecule has 0 atom stereocenters. The Bertz CT molecular complexity index is 1280. The lowest BCUT2D eigenvalue weighted by atomic mass is 10.1. The van der Waals surface area contributed by atoms with Crippen LogP contribution in [-0.4, -0.2) is 64.6 Å². The molecule has 0 radical (unpaired) electrons. The van der Waals surface area contributed by atoms with Crippen molar-refractivity contribution in [2.45, 2.75) is 12.7 Å². The molecule has 1 fully saturated rings. The Morgan fingerprint density at radius 2 is 1.86 bits per heavy atom. The van der Waals surface area contributed by atoms with E-state index in [1.807, 2.05) is 0 Å². The molecule has 0 saturated carbocycles. The molecule has 15 heteroatoms. The number of anilines is 3. The van der Waals surface area contributed by atoms with Crippen molar-refractivity contribution in [3.8, 4) is 0 Å². The molecule has 196 valence electrons. The summed E-state index contributed by atoms with van der Waals surface area (Å²) < 4.78 is 64.3. The van der Waals surface area contributed by atoms with E-state index < -0.39 is 35.2 Å². The lowest BCUT2D eigenvalue weighted by Gasteiger charge is -2.27. The molecule has 2 N–H and O–H groups in total. The molecule has 1 aliphatic heterocycles. The number of carbonyl (C=O) groups is 1. The van der Waals surface area contributed by atoms with Gasteiger partial charge in [-0.2, -0.15) is 13.2 Å². The molecule has 1 aromatic heterocycles. The number of hydrogen-bond donors (Lipinski definition) is 2. The highest BCUT2D eigenvalue weighted by atomic mass is 79.9. The normalized spacial score (nSPS) is 15.0. The van der Waals surface area contributed by atoms with E-state index in [4.69, 9.17) is 4.74 Å². The molecular weight excluding hydrogens is 568 g/mol. The molecular formula is C22H19BrF4N6O4. The van der Waals surface area contributed by atoms with Gasteiger partial charge in [-0.05, 0) is 62.1 Å². The van der Waals surface area contributed by atoms with Gasteiger partial charge in [-0.3, -0.25) is 14.6 Å². The Balaban J connectivity index is 1.66. The van der Waals surface area contributed by atoms with Crippen molar-refractivity contribution in [3.63, 3.8) is 0 Å². The van der Waals surface area contributed by atoms with E-state index in [-0.39, 0.29) is 20.7 Å². The van der Waals surface area contributed by atoms with Crippen LogP contribution in [0.1, 0.15) is 11.3 Å². The number of aromatic nitrogens is 2. The van der Waals surface area contributed by atoms with Gasteiger partial charge in [0.15, 0.2) is 5.69 Å². The topological polar surface area (TPSA) is 116 Å². The fraction of sp³-hybridized carbons (Fsp3) is 0.273. The number of oxime groups is 1. The molecule has 0 aliphatic carbocycles. The van der Waals surface area contributed by atoms with E-state index >= 15 is 0 Å². The summed E-state index contributed by atoms with van der Waals surface area (Å²) in [7, 11) is 0. The van der Waals surface area contributed by atoms with Gasteiger partial charge >= 0.3 is 12.1 Å². The van der Waals surface area contributed by atoms with Crippen LogP contribution >= 0.6 is 15.9 Å². The maximum Gasteiger partial charge on any atom is 0.472 e. The van der Waals surface area contributed by atoms with Crippen molar-refractivity contribution in [3.05, 3.63) is 64.0 Å². The predicted octanol–water partition coefficient (Wildman–Crippen LogP) is 4.28. The van der Waals surface area contributed by atoms with Crippen LogP contribution in [0.3, 0.4) is 0 Å². The van der Waals surface area contributed by atoms with Gasteiger partial charge in [-0.15, -0.1) is 0 Å². The van der Waals surface area contributed by atoms with Gasteiger partial charge in [0.1, 0.15) is 5.82 Å². The number of amides is 1. The van der Waals surface area contributed by atoms with Crippen LogP contribution in [0.4, 0.5) is 34.8 Å². The van der Waals surface area contributed by atoms with Gasteiger partial charge in [0.05, 0.1) is 23.4 Å². The Kier molecular flexibility index (Phi) is 8.04. The standard InChI is InChI=1S/C22H19BrF4N6O4/c23-16-11-14(3-6-17(16)24)28-19(29-35)18-20(31-37-30-18)33(21(34)22(25,26)27)15-4-1-13(2-5-15)12-32-7-9-36-10-8-32/h1-6,11,35H,7-10,12H2,(H,28,29). The molecule has 0 unspecified atom stereocenters. The van der Waals surface area contributed by atoms with E-state index in [1.54, 1.807) is 12.1 Å². The summed E-state index contributed by atoms with van der Waals surface area (Å²) in [6, 6.07) is 9.51. The number of amidine groups is 1. The van der Waals surface area contributed by atoms with Crippen LogP contribution in [0.5, 0.6) is 0 Å². The van der Waals surface area contributed by atoms with Crippen LogP contribution in [0, 0.1) is 5.82 Å². The Hall–Kier alpha value is -3.56. The number of alkyl halides is 3. The highest BCUT2D eigenvalue weighted by Gasteiger charge is 2.46. The Morgan fingerprint density at radius 3 is 2.49 bits per heavy atom. The highest BCUT2D eigenvalue weighted by molar-refractivity contribution is 9.10. The monoisotopic (exact) mass is 586 g/mol. The summed E-state index contributed by atoms with van der Waals surface area (Å²) >= 11 is 3.00. The number of nitrogens with zero attached hydrogens (tertiary/aromatic N) is 5. The Labute approximate surface area is 215 Å². The van der Waals surface area contributed by atoms with E-state index in [0.717, 1.165) is 24.7 Å². The third-order valence-corrected chi connectivity index (χ3v) is 5.95. The highest BCUT2D eigenvalue weighted by Crippen LogP contribution is 2.33. The molecule has 2 aromatic carbocycles. The first-order valence-corrected chi connectivity index (χ1v) is 11.5. The van der Waals surface area contributed by atoms with E-state index in [2.05, 4.69) is 46.2 Å². The molecule has 1 amide bonds. The quantitative estimate of drug-likeness (QED) is 0.145. The van der Waals surface area contributed by atoms with E-state index in [9.17, 15) is 27.6 Å². The Morgan fingerprint density at radius 1 is 1.16 bits per heavy atom. The second kappa shape index (κ2) is 11.2. The minimum absolute atomic E-state index is 0.0688. The zero-order valence-corrected chi connectivity index (χ0v) is 20.5. The molecule has 3 aromatic rings. The van der Waals surface area contributed by atoms with Crippen molar-refractivity contribution >= 4 is 44.9 Å². The van der Waals surface area contributed by atoms with Crippen LogP contribution in [0.15, 0.2) is 56.7 Å². The fourth-order valence-corrected chi connectivity index (χ4v) is 3.93. The maximum atomic E-state index is 13.6. The smallest absolute Gasteiger partial charge is 0.409 e. The van der Waals surface area contributed by atoms with Gasteiger partial charge in [-0.1, -0.05) is 17.3 Å². The molecule has 1 saturated heterocycles. The molecule has 2 heterocycles. The number of nitrogens with one attached hydrogen (secondary N) is 1. The summed E-state index contributed by atoms with van der Waals surface area (Å²) in [5, 5.41) is 22.1. The zero-order chi connectivity index (χ0) is 26.6. The zero-order valence-electron chi connectivity index (χ0n) is 18.9. The number of benzene rings is 2. The molecule has 4 rings (SSSR count). The number of morpholine rings is 1. The maximum absolute atomic E-state index is 13.6. The number of ether oxygens (including phenoxy) is 1. The van der Waals surface area contributed by atoms with Crippen molar-refractivity contribution in [1.82, 2.24) is 15.2 Å². The summed E-state index contributed by atoms with van der Waals surface area (Å²) in [5.41, 5.74) is 0.325. The summed E-state index contributed by atoms with van der Waals surface area (Å²) in [6.07, 6.45) is -5.28.